The first-order chi connectivity index (χ1) is 17.0. The van der Waals surface area contributed by atoms with E-state index in [1.807, 2.05) is 73.7 Å². The lowest BCUT2D eigenvalue weighted by atomic mass is 9.94. The lowest BCUT2D eigenvalue weighted by molar-refractivity contribution is 0.203. The summed E-state index contributed by atoms with van der Waals surface area (Å²) in [5.41, 5.74) is 4.14. The molecule has 0 fully saturated rings. The van der Waals surface area contributed by atoms with E-state index in [-0.39, 0.29) is 6.03 Å². The van der Waals surface area contributed by atoms with Gasteiger partial charge in [0, 0.05) is 16.3 Å². The van der Waals surface area contributed by atoms with Crippen LogP contribution in [0, 0.1) is 0 Å². The molecule has 1 aromatic heterocycles. The number of ether oxygens (including phenoxy) is 1. The van der Waals surface area contributed by atoms with E-state index < -0.39 is 6.04 Å². The number of nitrogens with zero attached hydrogens (tertiary/aromatic N) is 3. The first-order valence-electron chi connectivity index (χ1n) is 11.1. The molecule has 0 bridgehead atoms. The predicted octanol–water partition coefficient (Wildman–Crippen LogP) is 6.10. The molecule has 7 nitrogen and oxygen atoms in total. The third-order valence-electron chi connectivity index (χ3n) is 5.99. The van der Waals surface area contributed by atoms with Crippen molar-refractivity contribution >= 4 is 23.2 Å². The van der Waals surface area contributed by atoms with Crippen molar-refractivity contribution in [2.75, 3.05) is 7.11 Å². The molecule has 4 aromatic rings. The Kier molecular flexibility index (Phi) is 6.25. The van der Waals surface area contributed by atoms with Crippen LogP contribution in [0.25, 0.3) is 17.0 Å². The van der Waals surface area contributed by atoms with Gasteiger partial charge in [-0.05, 0) is 54.4 Å². The highest BCUT2D eigenvalue weighted by molar-refractivity contribution is 6.30. The van der Waals surface area contributed by atoms with Gasteiger partial charge in [-0.2, -0.15) is 4.98 Å². The van der Waals surface area contributed by atoms with Gasteiger partial charge in [-0.3, -0.25) is 4.90 Å². The summed E-state index contributed by atoms with van der Waals surface area (Å²) in [6.45, 7) is 2.31. The minimum atomic E-state index is -0.476. The molecule has 0 aliphatic carbocycles. The number of urea groups is 1. The van der Waals surface area contributed by atoms with Crippen molar-refractivity contribution in [3.05, 3.63) is 107 Å². The molecule has 0 saturated heterocycles. The Morgan fingerprint density at radius 1 is 1.03 bits per heavy atom. The van der Waals surface area contributed by atoms with Crippen LogP contribution in [-0.4, -0.2) is 28.2 Å². The van der Waals surface area contributed by atoms with Gasteiger partial charge in [0.25, 0.3) is 5.89 Å². The van der Waals surface area contributed by atoms with Crippen molar-refractivity contribution in [3.63, 3.8) is 0 Å². The van der Waals surface area contributed by atoms with Crippen molar-refractivity contribution < 1.29 is 14.1 Å². The summed E-state index contributed by atoms with van der Waals surface area (Å²) < 4.78 is 11.0. The summed E-state index contributed by atoms with van der Waals surface area (Å²) in [6, 6.07) is 23.9. The van der Waals surface area contributed by atoms with Gasteiger partial charge in [0.15, 0.2) is 0 Å². The molecular weight excluding hydrogens is 464 g/mol. The lowest BCUT2D eigenvalue weighted by Crippen LogP contribution is -2.45. The second-order valence-corrected chi connectivity index (χ2v) is 8.59. The van der Waals surface area contributed by atoms with E-state index in [4.69, 9.17) is 20.9 Å². The van der Waals surface area contributed by atoms with Crippen LogP contribution in [0.15, 0.2) is 89.1 Å². The van der Waals surface area contributed by atoms with Crippen molar-refractivity contribution in [2.24, 2.45) is 0 Å². The van der Waals surface area contributed by atoms with Gasteiger partial charge in [-0.15, -0.1) is 0 Å². The van der Waals surface area contributed by atoms with Crippen molar-refractivity contribution in [1.29, 1.82) is 0 Å². The Morgan fingerprint density at radius 2 is 1.74 bits per heavy atom. The summed E-state index contributed by atoms with van der Waals surface area (Å²) in [6.07, 6.45) is 0. The first-order valence-corrected chi connectivity index (χ1v) is 11.5. The number of benzene rings is 3. The minimum absolute atomic E-state index is 0.204. The average Bonchev–Trinajstić information content (AvgIpc) is 3.37. The van der Waals surface area contributed by atoms with Crippen LogP contribution in [0.4, 0.5) is 4.79 Å². The molecule has 0 spiro atoms. The molecule has 0 radical (unpaired) electrons. The van der Waals surface area contributed by atoms with Gasteiger partial charge in [0.2, 0.25) is 5.82 Å². The van der Waals surface area contributed by atoms with Crippen LogP contribution >= 0.6 is 11.6 Å². The smallest absolute Gasteiger partial charge is 0.322 e. The Labute approximate surface area is 208 Å². The number of hydrogen-bond donors (Lipinski definition) is 1. The molecule has 1 aliphatic rings. The van der Waals surface area contributed by atoms with Crippen LogP contribution in [0.1, 0.15) is 30.0 Å². The zero-order valence-corrected chi connectivity index (χ0v) is 20.0. The summed E-state index contributed by atoms with van der Waals surface area (Å²) in [5.74, 6) is 1.53. The van der Waals surface area contributed by atoms with Crippen LogP contribution < -0.4 is 10.1 Å². The Bertz CT molecular complexity index is 1370. The van der Waals surface area contributed by atoms with Gasteiger partial charge >= 0.3 is 6.03 Å². The number of amides is 2. The molecule has 0 saturated carbocycles. The van der Waals surface area contributed by atoms with E-state index in [1.54, 1.807) is 24.1 Å². The van der Waals surface area contributed by atoms with Crippen LogP contribution in [0.2, 0.25) is 5.02 Å². The molecule has 176 valence electrons. The quantitative estimate of drug-likeness (QED) is 0.356. The van der Waals surface area contributed by atoms with E-state index in [2.05, 4.69) is 15.5 Å². The van der Waals surface area contributed by atoms with Gasteiger partial charge < -0.3 is 14.6 Å². The van der Waals surface area contributed by atoms with Crippen molar-refractivity contribution in [1.82, 2.24) is 20.4 Å². The molecule has 1 atom stereocenters. The van der Waals surface area contributed by atoms with E-state index in [9.17, 15) is 4.79 Å². The van der Waals surface area contributed by atoms with Gasteiger partial charge in [0.1, 0.15) is 5.75 Å². The molecular formula is C27H23ClN4O3. The number of nitrogens with one attached hydrogen (secondary N) is 1. The number of aromatic nitrogens is 2. The highest BCUT2D eigenvalue weighted by Gasteiger charge is 2.35. The Balaban J connectivity index is 1.57. The second kappa shape index (κ2) is 9.64. The van der Waals surface area contributed by atoms with Gasteiger partial charge in [-0.25, -0.2) is 4.79 Å². The highest BCUT2D eigenvalue weighted by atomic mass is 35.5. The first kappa shape index (κ1) is 22.7. The second-order valence-electron chi connectivity index (χ2n) is 8.16. The summed E-state index contributed by atoms with van der Waals surface area (Å²) in [7, 11) is 1.62. The maximum absolute atomic E-state index is 13.2. The van der Waals surface area contributed by atoms with E-state index in [1.165, 1.54) is 0 Å². The largest absolute Gasteiger partial charge is 0.497 e. The standard InChI is InChI=1S/C27H23ClN4O3/c1-17-23(26-30-25(31-35-26)20-10-14-22(34-2)15-11-20)24(19-8-12-21(28)13-9-19)29-27(33)32(17)16-18-6-4-3-5-7-18/h3-15,24H,16H2,1-2H3,(H,29,33). The van der Waals surface area contributed by atoms with Crippen molar-refractivity contribution in [2.45, 2.75) is 19.5 Å². The van der Waals surface area contributed by atoms with Crippen LogP contribution in [0.5, 0.6) is 5.75 Å². The SMILES string of the molecule is COc1ccc(-c2noc(C3=C(C)N(Cc4ccccc4)C(=O)NC3c3ccc(Cl)cc3)n2)cc1. The molecule has 1 N–H and O–H groups in total. The number of carbonyl (C=O) groups excluding carboxylic acids is 1. The molecule has 1 unspecified atom stereocenters. The fourth-order valence-corrected chi connectivity index (χ4v) is 4.24. The zero-order valence-electron chi connectivity index (χ0n) is 19.2. The molecule has 2 amide bonds. The maximum Gasteiger partial charge on any atom is 0.322 e. The summed E-state index contributed by atoms with van der Waals surface area (Å²) >= 11 is 6.11. The number of halogens is 1. The zero-order chi connectivity index (χ0) is 24.4. The van der Waals surface area contributed by atoms with Gasteiger partial charge in [0.05, 0.1) is 25.3 Å². The molecule has 3 aromatic carbocycles. The maximum atomic E-state index is 13.2. The summed E-state index contributed by atoms with van der Waals surface area (Å²) in [5, 5.41) is 7.93. The fourth-order valence-electron chi connectivity index (χ4n) is 4.11. The fraction of sp³-hybridized carbons (Fsp3) is 0.148. The topological polar surface area (TPSA) is 80.5 Å². The number of rotatable bonds is 6. The Hall–Kier alpha value is -4.10. The highest BCUT2D eigenvalue weighted by Crippen LogP contribution is 2.38. The Morgan fingerprint density at radius 3 is 2.43 bits per heavy atom. The molecule has 1 aliphatic heterocycles. The molecule has 8 heteroatoms. The molecule has 5 rings (SSSR count). The average molecular weight is 487 g/mol. The van der Waals surface area contributed by atoms with E-state index >= 15 is 0 Å². The minimum Gasteiger partial charge on any atom is -0.497 e. The lowest BCUT2D eigenvalue weighted by Gasteiger charge is -2.35. The third-order valence-corrected chi connectivity index (χ3v) is 6.24. The third kappa shape index (κ3) is 4.63. The van der Waals surface area contributed by atoms with Crippen LogP contribution in [0.3, 0.4) is 0 Å². The predicted molar refractivity (Wildman–Crippen MR) is 134 cm³/mol. The van der Waals surface area contributed by atoms with Gasteiger partial charge in [-0.1, -0.05) is 59.2 Å². The van der Waals surface area contributed by atoms with Crippen LogP contribution in [-0.2, 0) is 6.54 Å². The number of carbonyl (C=O) groups is 1. The number of hydrogen-bond acceptors (Lipinski definition) is 5. The number of methoxy groups -OCH3 is 1. The van der Waals surface area contributed by atoms with E-state index in [0.29, 0.717) is 23.3 Å². The van der Waals surface area contributed by atoms with E-state index in [0.717, 1.165) is 33.7 Å². The number of allylic oxidation sites excluding steroid dienone is 1. The molecule has 35 heavy (non-hydrogen) atoms. The monoisotopic (exact) mass is 486 g/mol. The van der Waals surface area contributed by atoms with Crippen molar-refractivity contribution in [3.8, 4) is 17.1 Å². The molecule has 2 heterocycles. The summed E-state index contributed by atoms with van der Waals surface area (Å²) in [4.78, 5) is 19.6. The normalized spacial score (nSPS) is 15.8.